The van der Waals surface area contributed by atoms with Crippen LogP contribution in [0.3, 0.4) is 0 Å². The third-order valence-electron chi connectivity index (χ3n) is 2.62. The van der Waals surface area contributed by atoms with Gasteiger partial charge in [-0.2, -0.15) is 0 Å². The molecule has 1 aromatic carbocycles. The highest BCUT2D eigenvalue weighted by Gasteiger charge is 2.08. The van der Waals surface area contributed by atoms with Gasteiger partial charge in [-0.25, -0.2) is 4.98 Å². The van der Waals surface area contributed by atoms with E-state index in [0.29, 0.717) is 18.1 Å². The van der Waals surface area contributed by atoms with Crippen molar-refractivity contribution in [1.29, 1.82) is 0 Å². The van der Waals surface area contributed by atoms with Gasteiger partial charge in [0, 0.05) is 13.0 Å². The topological polar surface area (TPSA) is 63.2 Å². The molecule has 2 N–H and O–H groups in total. The first kappa shape index (κ1) is 13.8. The van der Waals surface area contributed by atoms with Crippen LogP contribution in [0.5, 0.6) is 5.75 Å². The van der Waals surface area contributed by atoms with Crippen molar-refractivity contribution in [1.82, 2.24) is 10.3 Å². The van der Waals surface area contributed by atoms with Gasteiger partial charge in [0.25, 0.3) is 0 Å². The number of carbonyl (C=O) groups is 1. The Balaban J connectivity index is 2.02. The molecule has 1 heterocycles. The number of methoxy groups -OCH3 is 1. The molecule has 0 fully saturated rings. The van der Waals surface area contributed by atoms with Crippen LogP contribution in [0.2, 0.25) is 0 Å². The maximum absolute atomic E-state index is 11.7. The standard InChI is InChI=1S/C13H17N3O2S/c1-3-14-7-6-12(17)16-13-15-10-5-4-9(18-2)8-11(10)19-13/h4-5,8,14H,3,6-7H2,1-2H3,(H,15,16,17). The first-order chi connectivity index (χ1) is 9.22. The number of nitrogens with zero attached hydrogens (tertiary/aromatic N) is 1. The van der Waals surface area contributed by atoms with Crippen molar-refractivity contribution in [3.8, 4) is 5.75 Å². The van der Waals surface area contributed by atoms with Gasteiger partial charge < -0.3 is 15.4 Å². The van der Waals surface area contributed by atoms with Gasteiger partial charge in [-0.05, 0) is 24.7 Å². The number of ether oxygens (including phenoxy) is 1. The van der Waals surface area contributed by atoms with Gasteiger partial charge in [-0.1, -0.05) is 18.3 Å². The van der Waals surface area contributed by atoms with Crippen LogP contribution in [0.1, 0.15) is 13.3 Å². The highest BCUT2D eigenvalue weighted by molar-refractivity contribution is 7.22. The number of fused-ring (bicyclic) bond motifs is 1. The molecule has 5 nitrogen and oxygen atoms in total. The number of hydrogen-bond donors (Lipinski definition) is 2. The molecular weight excluding hydrogens is 262 g/mol. The highest BCUT2D eigenvalue weighted by atomic mass is 32.1. The summed E-state index contributed by atoms with van der Waals surface area (Å²) in [6.07, 6.45) is 0.451. The lowest BCUT2D eigenvalue weighted by molar-refractivity contribution is -0.116. The van der Waals surface area contributed by atoms with E-state index >= 15 is 0 Å². The molecule has 1 aromatic heterocycles. The fourth-order valence-electron chi connectivity index (χ4n) is 1.65. The van der Waals surface area contributed by atoms with E-state index in [1.54, 1.807) is 7.11 Å². The minimum absolute atomic E-state index is 0.0213. The number of nitrogens with one attached hydrogen (secondary N) is 2. The summed E-state index contributed by atoms with van der Waals surface area (Å²) in [4.78, 5) is 16.0. The van der Waals surface area contributed by atoms with Gasteiger partial charge in [-0.15, -0.1) is 0 Å². The van der Waals surface area contributed by atoms with Crippen molar-refractivity contribution in [2.75, 3.05) is 25.5 Å². The zero-order chi connectivity index (χ0) is 13.7. The number of thiazole rings is 1. The highest BCUT2D eigenvalue weighted by Crippen LogP contribution is 2.29. The number of rotatable bonds is 6. The van der Waals surface area contributed by atoms with Crippen molar-refractivity contribution in [3.63, 3.8) is 0 Å². The minimum atomic E-state index is -0.0213. The van der Waals surface area contributed by atoms with Crippen LogP contribution >= 0.6 is 11.3 Å². The second-order valence-corrected chi connectivity index (χ2v) is 5.04. The largest absolute Gasteiger partial charge is 0.497 e. The number of hydrogen-bond acceptors (Lipinski definition) is 5. The predicted molar refractivity (Wildman–Crippen MR) is 78.0 cm³/mol. The maximum Gasteiger partial charge on any atom is 0.227 e. The Kier molecular flexibility index (Phi) is 4.70. The average molecular weight is 279 g/mol. The number of anilines is 1. The Morgan fingerprint density at radius 1 is 1.47 bits per heavy atom. The molecule has 0 aliphatic heterocycles. The quantitative estimate of drug-likeness (QED) is 0.796. The van der Waals surface area contributed by atoms with Gasteiger partial charge in [0.1, 0.15) is 5.75 Å². The number of carbonyl (C=O) groups excluding carboxylic acids is 1. The number of benzene rings is 1. The van der Waals surface area contributed by atoms with E-state index in [4.69, 9.17) is 4.74 Å². The summed E-state index contributed by atoms with van der Waals surface area (Å²) in [5.41, 5.74) is 0.868. The Bertz CT molecular complexity index is 568. The van der Waals surface area contributed by atoms with Crippen LogP contribution in [-0.2, 0) is 4.79 Å². The molecule has 2 rings (SSSR count). The van der Waals surface area contributed by atoms with Gasteiger partial charge in [0.2, 0.25) is 5.91 Å². The van der Waals surface area contributed by atoms with Gasteiger partial charge in [0.05, 0.1) is 17.3 Å². The molecule has 1 amide bonds. The SMILES string of the molecule is CCNCCC(=O)Nc1nc2ccc(OC)cc2s1. The van der Waals surface area contributed by atoms with Gasteiger partial charge >= 0.3 is 0 Å². The van der Waals surface area contributed by atoms with Crippen molar-refractivity contribution in [2.24, 2.45) is 0 Å². The summed E-state index contributed by atoms with van der Waals surface area (Å²) in [6.45, 7) is 3.56. The van der Waals surface area contributed by atoms with Crippen LogP contribution < -0.4 is 15.4 Å². The van der Waals surface area contributed by atoms with Crippen LogP contribution in [0.15, 0.2) is 18.2 Å². The smallest absolute Gasteiger partial charge is 0.227 e. The zero-order valence-electron chi connectivity index (χ0n) is 11.0. The molecule has 0 spiro atoms. The first-order valence-electron chi connectivity index (χ1n) is 6.18. The molecule has 0 radical (unpaired) electrons. The van der Waals surface area contributed by atoms with Crippen LogP contribution in [0.25, 0.3) is 10.2 Å². The average Bonchev–Trinajstić information content (AvgIpc) is 2.79. The van der Waals surface area contributed by atoms with Crippen molar-refractivity contribution in [2.45, 2.75) is 13.3 Å². The van der Waals surface area contributed by atoms with Gasteiger partial charge in [-0.3, -0.25) is 4.79 Å². The fraction of sp³-hybridized carbons (Fsp3) is 0.385. The van der Waals surface area contributed by atoms with E-state index in [0.717, 1.165) is 22.5 Å². The van der Waals surface area contributed by atoms with E-state index in [9.17, 15) is 4.79 Å². The molecule has 0 bridgehead atoms. The predicted octanol–water partition coefficient (Wildman–Crippen LogP) is 2.24. The summed E-state index contributed by atoms with van der Waals surface area (Å²) in [5, 5.41) is 6.56. The lowest BCUT2D eigenvalue weighted by atomic mass is 10.3. The third kappa shape index (κ3) is 3.65. The molecule has 0 saturated carbocycles. The molecule has 102 valence electrons. The second kappa shape index (κ2) is 6.49. The Morgan fingerprint density at radius 2 is 2.32 bits per heavy atom. The van der Waals surface area contributed by atoms with Crippen LogP contribution in [0.4, 0.5) is 5.13 Å². The van der Waals surface area contributed by atoms with E-state index in [-0.39, 0.29) is 5.91 Å². The van der Waals surface area contributed by atoms with Crippen molar-refractivity contribution in [3.05, 3.63) is 18.2 Å². The maximum atomic E-state index is 11.7. The molecule has 0 atom stereocenters. The first-order valence-corrected chi connectivity index (χ1v) is 6.99. The fourth-order valence-corrected chi connectivity index (χ4v) is 2.56. The molecule has 0 aliphatic rings. The summed E-state index contributed by atoms with van der Waals surface area (Å²) < 4.78 is 6.16. The minimum Gasteiger partial charge on any atom is -0.497 e. The molecule has 0 aliphatic carbocycles. The second-order valence-electron chi connectivity index (χ2n) is 4.00. The molecular formula is C13H17N3O2S. The molecule has 6 heteroatoms. The van der Waals surface area contributed by atoms with E-state index in [1.807, 2.05) is 25.1 Å². The van der Waals surface area contributed by atoms with Crippen LogP contribution in [0, 0.1) is 0 Å². The van der Waals surface area contributed by atoms with Gasteiger partial charge in [0.15, 0.2) is 5.13 Å². The summed E-state index contributed by atoms with van der Waals surface area (Å²) in [5.74, 6) is 0.771. The summed E-state index contributed by atoms with van der Waals surface area (Å²) in [7, 11) is 1.63. The normalized spacial score (nSPS) is 10.6. The summed E-state index contributed by atoms with van der Waals surface area (Å²) in [6, 6.07) is 5.67. The third-order valence-corrected chi connectivity index (χ3v) is 3.55. The van der Waals surface area contributed by atoms with Crippen molar-refractivity contribution < 1.29 is 9.53 Å². The Labute approximate surface area is 116 Å². The Morgan fingerprint density at radius 3 is 3.05 bits per heavy atom. The van der Waals surface area contributed by atoms with Crippen LogP contribution in [-0.4, -0.2) is 31.1 Å². The molecule has 2 aromatic rings. The number of amides is 1. The number of aromatic nitrogens is 1. The van der Waals surface area contributed by atoms with E-state index in [1.165, 1.54) is 11.3 Å². The lowest BCUT2D eigenvalue weighted by Crippen LogP contribution is -2.21. The lowest BCUT2D eigenvalue weighted by Gasteiger charge is -2.01. The zero-order valence-corrected chi connectivity index (χ0v) is 11.8. The Hall–Kier alpha value is -1.66. The monoisotopic (exact) mass is 279 g/mol. The van der Waals surface area contributed by atoms with E-state index in [2.05, 4.69) is 15.6 Å². The molecule has 19 heavy (non-hydrogen) atoms. The molecule has 0 unspecified atom stereocenters. The summed E-state index contributed by atoms with van der Waals surface area (Å²) >= 11 is 1.45. The van der Waals surface area contributed by atoms with Crippen molar-refractivity contribution >= 4 is 32.6 Å². The molecule has 0 saturated heterocycles. The van der Waals surface area contributed by atoms with E-state index < -0.39 is 0 Å².